The number of aliphatic hydroxyl groups is 1. The summed E-state index contributed by atoms with van der Waals surface area (Å²) in [6.07, 6.45) is 0.453. The molecule has 4 atom stereocenters. The predicted octanol–water partition coefficient (Wildman–Crippen LogP) is -0.0156. The lowest BCUT2D eigenvalue weighted by molar-refractivity contribution is -0.0406. The maximum Gasteiger partial charge on any atom is 0.330 e. The highest BCUT2D eigenvalue weighted by atomic mass is 32.4. The van der Waals surface area contributed by atoms with Crippen molar-refractivity contribution in [3.05, 3.63) is 32.6 Å². The number of aryl methyl sites for hydroxylation is 1. The van der Waals surface area contributed by atoms with Gasteiger partial charge in [-0.25, -0.2) is 4.79 Å². The molecule has 0 amide bonds. The Morgan fingerprint density at radius 1 is 1.46 bits per heavy atom. The minimum absolute atomic E-state index is 0.0974. The highest BCUT2D eigenvalue weighted by Crippen LogP contribution is 2.31. The first-order valence-corrected chi connectivity index (χ1v) is 10.8. The minimum Gasteiger partial charge on any atom is -0.390 e. The smallest absolute Gasteiger partial charge is 0.330 e. The molecule has 1 unspecified atom stereocenters. The zero-order chi connectivity index (χ0) is 19.3. The van der Waals surface area contributed by atoms with Gasteiger partial charge in [-0.2, -0.15) is 0 Å². The predicted molar refractivity (Wildman–Crippen MR) is 101 cm³/mol. The van der Waals surface area contributed by atoms with Crippen LogP contribution in [0, 0.1) is 6.92 Å². The number of nitrogens with zero attached hydrogens (tertiary/aromatic N) is 2. The van der Waals surface area contributed by atoms with Gasteiger partial charge >= 0.3 is 5.69 Å². The number of ether oxygens (including phenoxy) is 1. The third-order valence-corrected chi connectivity index (χ3v) is 5.54. The standard InChI is InChI=1S/C15H26N3O6PS/c1-10-8-18(15(21)16-14(10)20)13-7-11(19)12(24-13)9-23-25(26)22-6-4-5-17(2)3/h8,11-13,19,25H,4-7,9H2,1-3H3,(H,16,20,21)/t11-,12-,13-/m1/s1. The fourth-order valence-electron chi connectivity index (χ4n) is 2.56. The van der Waals surface area contributed by atoms with Gasteiger partial charge in [-0.05, 0) is 45.8 Å². The van der Waals surface area contributed by atoms with E-state index in [0.29, 0.717) is 12.2 Å². The topological polar surface area (TPSA) is 106 Å². The molecule has 0 radical (unpaired) electrons. The second kappa shape index (κ2) is 9.89. The molecule has 0 saturated carbocycles. The normalized spacial score (nSPS) is 24.3. The monoisotopic (exact) mass is 407 g/mol. The summed E-state index contributed by atoms with van der Waals surface area (Å²) in [5.41, 5.74) is -0.615. The van der Waals surface area contributed by atoms with E-state index in [9.17, 15) is 14.7 Å². The Balaban J connectivity index is 1.83. The number of H-pyrrole nitrogens is 1. The van der Waals surface area contributed by atoms with Gasteiger partial charge in [0.1, 0.15) is 12.3 Å². The molecule has 26 heavy (non-hydrogen) atoms. The fourth-order valence-corrected chi connectivity index (χ4v) is 3.71. The molecule has 1 aromatic heterocycles. The summed E-state index contributed by atoms with van der Waals surface area (Å²) in [6.45, 7) is 3.13. The molecular formula is C15H26N3O6PS. The van der Waals surface area contributed by atoms with Crippen LogP contribution in [0.4, 0.5) is 0 Å². The zero-order valence-corrected chi connectivity index (χ0v) is 17.0. The Morgan fingerprint density at radius 2 is 2.19 bits per heavy atom. The van der Waals surface area contributed by atoms with E-state index in [1.807, 2.05) is 14.1 Å². The third kappa shape index (κ3) is 6.09. The molecule has 0 spiro atoms. The van der Waals surface area contributed by atoms with Gasteiger partial charge in [0.05, 0.1) is 19.3 Å². The van der Waals surface area contributed by atoms with Crippen molar-refractivity contribution >= 4 is 19.0 Å². The Kier molecular flexibility index (Phi) is 8.15. The quantitative estimate of drug-likeness (QED) is 0.435. The Labute approximate surface area is 157 Å². The van der Waals surface area contributed by atoms with Gasteiger partial charge in [0.25, 0.3) is 5.56 Å². The molecule has 0 aromatic carbocycles. The Hall–Kier alpha value is -0.870. The Morgan fingerprint density at radius 3 is 2.88 bits per heavy atom. The molecule has 1 saturated heterocycles. The van der Waals surface area contributed by atoms with Crippen molar-refractivity contribution in [3.8, 4) is 0 Å². The van der Waals surface area contributed by atoms with Crippen LogP contribution in [0.2, 0.25) is 0 Å². The summed E-state index contributed by atoms with van der Waals surface area (Å²) < 4.78 is 18.0. The highest BCUT2D eigenvalue weighted by Gasteiger charge is 2.35. The summed E-state index contributed by atoms with van der Waals surface area (Å²) in [4.78, 5) is 27.7. The molecule has 2 heterocycles. The molecule has 1 aliphatic rings. The number of hydrogen-bond acceptors (Lipinski definition) is 8. The van der Waals surface area contributed by atoms with E-state index < -0.39 is 36.8 Å². The molecule has 1 aliphatic heterocycles. The molecule has 2 rings (SSSR count). The molecule has 2 N–H and O–H groups in total. The number of nitrogens with one attached hydrogen (secondary N) is 1. The average molecular weight is 407 g/mol. The number of rotatable bonds is 9. The second-order valence-corrected chi connectivity index (χ2v) is 8.55. The maximum absolute atomic E-state index is 11.9. The van der Waals surface area contributed by atoms with E-state index in [2.05, 4.69) is 9.88 Å². The summed E-state index contributed by atoms with van der Waals surface area (Å²) in [7, 11) is 2.13. The van der Waals surface area contributed by atoms with E-state index in [1.54, 1.807) is 6.92 Å². The van der Waals surface area contributed by atoms with Crippen LogP contribution in [0.5, 0.6) is 0 Å². The van der Waals surface area contributed by atoms with Crippen LogP contribution in [0.25, 0.3) is 0 Å². The SMILES string of the molecule is Cc1cn([C@H]2C[C@@H](O)[C@@H](CO[PH](=S)OCCCN(C)C)O2)c(=O)[nH]c1=O. The van der Waals surface area contributed by atoms with Crippen LogP contribution in [-0.4, -0.2) is 65.6 Å². The first-order chi connectivity index (χ1) is 12.3. The van der Waals surface area contributed by atoms with Crippen LogP contribution >= 0.6 is 7.15 Å². The van der Waals surface area contributed by atoms with Gasteiger partial charge in [-0.1, -0.05) is 0 Å². The van der Waals surface area contributed by atoms with Crippen LogP contribution in [0.15, 0.2) is 15.8 Å². The number of hydrogen-bond donors (Lipinski definition) is 2. The van der Waals surface area contributed by atoms with E-state index in [-0.39, 0.29) is 13.0 Å². The first kappa shape index (κ1) is 21.4. The Bertz CT molecular complexity index is 737. The van der Waals surface area contributed by atoms with E-state index in [1.165, 1.54) is 10.8 Å². The van der Waals surface area contributed by atoms with Crippen molar-refractivity contribution in [3.63, 3.8) is 0 Å². The van der Waals surface area contributed by atoms with Crippen molar-refractivity contribution in [1.82, 2.24) is 14.5 Å². The van der Waals surface area contributed by atoms with Gasteiger partial charge in [-0.15, -0.1) is 0 Å². The lowest BCUT2D eigenvalue weighted by Crippen LogP contribution is -2.33. The molecule has 148 valence electrons. The lowest BCUT2D eigenvalue weighted by Gasteiger charge is -2.17. The molecule has 0 aliphatic carbocycles. The van der Waals surface area contributed by atoms with Gasteiger partial charge in [-0.3, -0.25) is 14.3 Å². The molecule has 11 heteroatoms. The lowest BCUT2D eigenvalue weighted by atomic mass is 10.2. The van der Waals surface area contributed by atoms with Crippen molar-refractivity contribution < 1.29 is 18.9 Å². The van der Waals surface area contributed by atoms with Gasteiger partial charge in [0, 0.05) is 18.2 Å². The number of aromatic amines is 1. The van der Waals surface area contributed by atoms with Crippen molar-refractivity contribution in [2.45, 2.75) is 38.2 Å². The van der Waals surface area contributed by atoms with Crippen molar-refractivity contribution in [2.24, 2.45) is 0 Å². The van der Waals surface area contributed by atoms with Crippen molar-refractivity contribution in [2.75, 3.05) is 33.9 Å². The fraction of sp³-hybridized carbons (Fsp3) is 0.733. The number of aromatic nitrogens is 2. The van der Waals surface area contributed by atoms with E-state index >= 15 is 0 Å². The third-order valence-electron chi connectivity index (χ3n) is 4.00. The molecular weight excluding hydrogens is 381 g/mol. The van der Waals surface area contributed by atoms with E-state index in [4.69, 9.17) is 25.6 Å². The van der Waals surface area contributed by atoms with E-state index in [0.717, 1.165) is 13.0 Å². The highest BCUT2D eigenvalue weighted by molar-refractivity contribution is 8.00. The number of aliphatic hydroxyl groups excluding tert-OH is 1. The van der Waals surface area contributed by atoms with Gasteiger partial charge in [0.2, 0.25) is 0 Å². The minimum atomic E-state index is -1.84. The second-order valence-electron chi connectivity index (χ2n) is 6.48. The van der Waals surface area contributed by atoms with Crippen molar-refractivity contribution in [1.29, 1.82) is 0 Å². The average Bonchev–Trinajstić information content (AvgIpc) is 2.93. The molecule has 0 bridgehead atoms. The van der Waals surface area contributed by atoms with Gasteiger partial charge < -0.3 is 23.8 Å². The van der Waals surface area contributed by atoms with Crippen LogP contribution in [0.3, 0.4) is 0 Å². The molecule has 9 nitrogen and oxygen atoms in total. The van der Waals surface area contributed by atoms with Crippen LogP contribution < -0.4 is 11.2 Å². The first-order valence-electron chi connectivity index (χ1n) is 8.37. The zero-order valence-electron chi connectivity index (χ0n) is 15.1. The van der Waals surface area contributed by atoms with Crippen LogP contribution in [-0.2, 0) is 25.6 Å². The molecule has 1 aromatic rings. The maximum atomic E-state index is 11.9. The largest absolute Gasteiger partial charge is 0.390 e. The summed E-state index contributed by atoms with van der Waals surface area (Å²) >= 11 is 5.18. The summed E-state index contributed by atoms with van der Waals surface area (Å²) in [5, 5.41) is 10.2. The summed E-state index contributed by atoms with van der Waals surface area (Å²) in [6, 6.07) is 0. The molecule has 1 fully saturated rings. The summed E-state index contributed by atoms with van der Waals surface area (Å²) in [5.74, 6) is 0. The van der Waals surface area contributed by atoms with Crippen LogP contribution in [0.1, 0.15) is 24.6 Å². The van der Waals surface area contributed by atoms with Gasteiger partial charge in [0.15, 0.2) is 7.15 Å².